The zero-order valence-electron chi connectivity index (χ0n) is 12.8. The second kappa shape index (κ2) is 7.50. The standard InChI is InChI=1S/C17H12ClN3O3S/c18-12-1-3-13(4-2-12)20-15(22)10-21-16(23)14(25-17(21)24)9-11-5-7-19-8-6-11/h1-9H,10H2,(H,20,22)/b14-9+. The van der Waals surface area contributed by atoms with Gasteiger partial charge < -0.3 is 5.32 Å². The number of nitrogens with one attached hydrogen (secondary N) is 1. The number of carbonyl (C=O) groups excluding carboxylic acids is 3. The lowest BCUT2D eigenvalue weighted by molar-refractivity contribution is -0.127. The first-order valence-corrected chi connectivity index (χ1v) is 8.43. The molecule has 25 heavy (non-hydrogen) atoms. The minimum Gasteiger partial charge on any atom is -0.325 e. The molecule has 0 spiro atoms. The molecule has 0 atom stereocenters. The third-order valence-electron chi connectivity index (χ3n) is 3.31. The summed E-state index contributed by atoms with van der Waals surface area (Å²) in [6.07, 6.45) is 4.79. The molecule has 1 aliphatic rings. The van der Waals surface area contributed by atoms with Crippen molar-refractivity contribution < 1.29 is 14.4 Å². The van der Waals surface area contributed by atoms with Crippen molar-refractivity contribution in [2.24, 2.45) is 0 Å². The van der Waals surface area contributed by atoms with Crippen LogP contribution >= 0.6 is 23.4 Å². The van der Waals surface area contributed by atoms with E-state index in [0.29, 0.717) is 10.7 Å². The maximum Gasteiger partial charge on any atom is 0.294 e. The van der Waals surface area contributed by atoms with Gasteiger partial charge in [-0.05, 0) is 59.8 Å². The molecular formula is C17H12ClN3O3S. The fourth-order valence-electron chi connectivity index (χ4n) is 2.12. The van der Waals surface area contributed by atoms with Crippen LogP contribution in [-0.4, -0.2) is 33.5 Å². The lowest BCUT2D eigenvalue weighted by Gasteiger charge is -2.12. The van der Waals surface area contributed by atoms with E-state index in [1.54, 1.807) is 54.9 Å². The fourth-order valence-corrected chi connectivity index (χ4v) is 3.09. The van der Waals surface area contributed by atoms with Crippen LogP contribution in [-0.2, 0) is 9.59 Å². The molecule has 1 aromatic carbocycles. The molecule has 3 amide bonds. The van der Waals surface area contributed by atoms with Crippen molar-refractivity contribution in [3.05, 3.63) is 64.3 Å². The highest BCUT2D eigenvalue weighted by Crippen LogP contribution is 2.31. The highest BCUT2D eigenvalue weighted by molar-refractivity contribution is 8.18. The number of imide groups is 1. The normalized spacial score (nSPS) is 15.7. The molecular weight excluding hydrogens is 362 g/mol. The van der Waals surface area contributed by atoms with Gasteiger partial charge in [-0.3, -0.25) is 24.3 Å². The van der Waals surface area contributed by atoms with E-state index < -0.39 is 17.1 Å². The highest BCUT2D eigenvalue weighted by atomic mass is 35.5. The van der Waals surface area contributed by atoms with E-state index >= 15 is 0 Å². The van der Waals surface area contributed by atoms with Gasteiger partial charge in [-0.25, -0.2) is 0 Å². The number of benzene rings is 1. The van der Waals surface area contributed by atoms with Crippen LogP contribution in [0.15, 0.2) is 53.7 Å². The molecule has 8 heteroatoms. The van der Waals surface area contributed by atoms with Gasteiger partial charge in [-0.2, -0.15) is 0 Å². The maximum absolute atomic E-state index is 12.4. The van der Waals surface area contributed by atoms with Gasteiger partial charge in [0.05, 0.1) is 4.91 Å². The Hall–Kier alpha value is -2.64. The summed E-state index contributed by atoms with van der Waals surface area (Å²) >= 11 is 6.59. The molecule has 2 aromatic rings. The molecule has 1 N–H and O–H groups in total. The Kier molecular flexibility index (Phi) is 5.16. The minimum atomic E-state index is -0.488. The van der Waals surface area contributed by atoms with Crippen LogP contribution in [0.2, 0.25) is 5.02 Å². The average Bonchev–Trinajstić information content (AvgIpc) is 2.85. The van der Waals surface area contributed by atoms with Gasteiger partial charge in [-0.1, -0.05) is 11.6 Å². The molecule has 0 unspecified atom stereocenters. The van der Waals surface area contributed by atoms with Crippen LogP contribution in [0.4, 0.5) is 10.5 Å². The molecule has 0 bridgehead atoms. The molecule has 126 valence electrons. The Bertz CT molecular complexity index is 853. The van der Waals surface area contributed by atoms with Gasteiger partial charge in [0.15, 0.2) is 0 Å². The van der Waals surface area contributed by atoms with Crippen LogP contribution in [0.25, 0.3) is 6.08 Å². The van der Waals surface area contributed by atoms with Crippen LogP contribution < -0.4 is 5.32 Å². The summed E-state index contributed by atoms with van der Waals surface area (Å²) in [6.45, 7) is -0.346. The largest absolute Gasteiger partial charge is 0.325 e. The number of carbonyl (C=O) groups is 3. The lowest BCUT2D eigenvalue weighted by Crippen LogP contribution is -2.36. The summed E-state index contributed by atoms with van der Waals surface area (Å²) in [5.41, 5.74) is 1.29. The second-order valence-corrected chi connectivity index (χ2v) is 6.53. The first kappa shape index (κ1) is 17.2. The predicted octanol–water partition coefficient (Wildman–Crippen LogP) is 3.41. The quantitative estimate of drug-likeness (QED) is 0.831. The number of pyridine rings is 1. The first-order valence-electron chi connectivity index (χ1n) is 7.24. The number of rotatable bonds is 4. The van der Waals surface area contributed by atoms with Crippen LogP contribution in [0.5, 0.6) is 0 Å². The molecule has 6 nitrogen and oxygen atoms in total. The van der Waals surface area contributed by atoms with Gasteiger partial charge in [0, 0.05) is 23.1 Å². The molecule has 1 aliphatic heterocycles. The van der Waals surface area contributed by atoms with E-state index in [0.717, 1.165) is 22.2 Å². The SMILES string of the molecule is O=C(CN1C(=O)S/C(=C/c2ccncc2)C1=O)Nc1ccc(Cl)cc1. The van der Waals surface area contributed by atoms with Crippen molar-refractivity contribution in [3.63, 3.8) is 0 Å². The molecule has 0 saturated carbocycles. The number of amides is 3. The van der Waals surface area contributed by atoms with Gasteiger partial charge in [0.1, 0.15) is 6.54 Å². The van der Waals surface area contributed by atoms with E-state index in [2.05, 4.69) is 10.3 Å². The molecule has 1 saturated heterocycles. The number of halogens is 1. The number of hydrogen-bond acceptors (Lipinski definition) is 5. The Morgan fingerprint density at radius 1 is 1.16 bits per heavy atom. The van der Waals surface area contributed by atoms with Crippen LogP contribution in [0.1, 0.15) is 5.56 Å². The fraction of sp³-hybridized carbons (Fsp3) is 0.0588. The molecule has 1 aromatic heterocycles. The number of nitrogens with zero attached hydrogens (tertiary/aromatic N) is 2. The van der Waals surface area contributed by atoms with E-state index in [1.165, 1.54) is 0 Å². The Morgan fingerprint density at radius 2 is 1.84 bits per heavy atom. The summed E-state index contributed by atoms with van der Waals surface area (Å²) in [4.78, 5) is 41.6. The summed E-state index contributed by atoms with van der Waals surface area (Å²) in [6, 6.07) is 9.99. The summed E-state index contributed by atoms with van der Waals surface area (Å²) in [5.74, 6) is -0.951. The van der Waals surface area contributed by atoms with Crippen LogP contribution in [0.3, 0.4) is 0 Å². The smallest absolute Gasteiger partial charge is 0.294 e. The maximum atomic E-state index is 12.4. The van der Waals surface area contributed by atoms with Crippen molar-refractivity contribution >= 4 is 52.2 Å². The molecule has 2 heterocycles. The van der Waals surface area contributed by atoms with Crippen molar-refractivity contribution in [2.45, 2.75) is 0 Å². The minimum absolute atomic E-state index is 0.274. The van der Waals surface area contributed by atoms with E-state index in [1.807, 2.05) is 0 Å². The Morgan fingerprint density at radius 3 is 2.52 bits per heavy atom. The third kappa shape index (κ3) is 4.26. The molecule has 3 rings (SSSR count). The summed E-state index contributed by atoms with van der Waals surface area (Å²) < 4.78 is 0. The summed E-state index contributed by atoms with van der Waals surface area (Å²) in [5, 5.41) is 2.69. The van der Waals surface area contributed by atoms with Crippen molar-refractivity contribution in [1.29, 1.82) is 0 Å². The van der Waals surface area contributed by atoms with Gasteiger partial charge in [0.2, 0.25) is 5.91 Å². The summed E-state index contributed by atoms with van der Waals surface area (Å²) in [7, 11) is 0. The number of hydrogen-bond donors (Lipinski definition) is 1. The Balaban J connectivity index is 1.67. The monoisotopic (exact) mass is 373 g/mol. The second-order valence-electron chi connectivity index (χ2n) is 5.10. The average molecular weight is 374 g/mol. The van der Waals surface area contributed by atoms with Gasteiger partial charge in [0.25, 0.3) is 11.1 Å². The van der Waals surface area contributed by atoms with Crippen molar-refractivity contribution in [3.8, 4) is 0 Å². The van der Waals surface area contributed by atoms with E-state index in [-0.39, 0.29) is 11.4 Å². The molecule has 0 radical (unpaired) electrons. The number of thioether (sulfide) groups is 1. The predicted molar refractivity (Wildman–Crippen MR) is 97.0 cm³/mol. The van der Waals surface area contributed by atoms with Crippen molar-refractivity contribution in [2.75, 3.05) is 11.9 Å². The van der Waals surface area contributed by atoms with E-state index in [4.69, 9.17) is 11.6 Å². The van der Waals surface area contributed by atoms with Gasteiger partial charge in [-0.15, -0.1) is 0 Å². The molecule has 1 fully saturated rings. The first-order chi connectivity index (χ1) is 12.0. The van der Waals surface area contributed by atoms with E-state index in [9.17, 15) is 14.4 Å². The van der Waals surface area contributed by atoms with Crippen LogP contribution in [0, 0.1) is 0 Å². The Labute approximate surface area is 152 Å². The lowest BCUT2D eigenvalue weighted by atomic mass is 10.2. The number of anilines is 1. The third-order valence-corrected chi connectivity index (χ3v) is 4.47. The zero-order valence-corrected chi connectivity index (χ0v) is 14.4. The highest BCUT2D eigenvalue weighted by Gasteiger charge is 2.36. The molecule has 0 aliphatic carbocycles. The van der Waals surface area contributed by atoms with Gasteiger partial charge >= 0.3 is 0 Å². The topological polar surface area (TPSA) is 79.4 Å². The zero-order chi connectivity index (χ0) is 17.8. The van der Waals surface area contributed by atoms with Crippen molar-refractivity contribution in [1.82, 2.24) is 9.88 Å². The number of aromatic nitrogens is 1.